The number of pyridine rings is 1. The van der Waals surface area contributed by atoms with Crippen molar-refractivity contribution in [3.05, 3.63) is 95.9 Å². The predicted molar refractivity (Wildman–Crippen MR) is 137 cm³/mol. The van der Waals surface area contributed by atoms with Crippen LogP contribution >= 0.6 is 0 Å². The van der Waals surface area contributed by atoms with Gasteiger partial charge in [-0.3, -0.25) is 9.78 Å². The first-order chi connectivity index (χ1) is 17.6. The van der Waals surface area contributed by atoms with E-state index in [1.54, 1.807) is 30.5 Å². The Morgan fingerprint density at radius 1 is 1.00 bits per heavy atom. The van der Waals surface area contributed by atoms with E-state index in [1.807, 2.05) is 36.4 Å². The number of aromatic hydroxyl groups is 1. The van der Waals surface area contributed by atoms with E-state index in [4.69, 9.17) is 0 Å². The number of aromatic nitrogens is 3. The molecule has 8 nitrogen and oxygen atoms in total. The van der Waals surface area contributed by atoms with Gasteiger partial charge >= 0.3 is 6.03 Å². The molecule has 0 unspecified atom stereocenters. The molecule has 2 aromatic carbocycles. The summed E-state index contributed by atoms with van der Waals surface area (Å²) in [4.78, 5) is 29.7. The molecule has 5 rings (SSSR count). The molecule has 3 N–H and O–H groups in total. The van der Waals surface area contributed by atoms with E-state index in [-0.39, 0.29) is 23.6 Å². The highest BCUT2D eigenvalue weighted by Gasteiger charge is 2.26. The number of rotatable bonds is 6. The maximum atomic E-state index is 13.2. The highest BCUT2D eigenvalue weighted by Crippen LogP contribution is 2.38. The number of carbonyl (C=O) groups excluding carboxylic acids is 2. The Balaban J connectivity index is 1.43. The molecule has 2 amide bonds. The Morgan fingerprint density at radius 2 is 1.81 bits per heavy atom. The van der Waals surface area contributed by atoms with E-state index in [0.717, 1.165) is 36.9 Å². The van der Waals surface area contributed by atoms with Crippen LogP contribution in [0.25, 0.3) is 11.3 Å². The standard InChI is InChI=1S/C28H27N5O3/c34-26-13-12-22(31-27(35)21-11-6-14-29-18-21)15-23(26)24-16-25(20-9-4-5-10-20)33(32-24)28(36)30-17-19-7-2-1-3-8-19/h1-3,6-8,11-16,18,20,34H,4-5,9-10,17H2,(H,30,36)(H,31,35). The number of hydrogen-bond donors (Lipinski definition) is 3. The number of phenolic OH excluding ortho intramolecular Hbond substituents is 1. The second-order valence-corrected chi connectivity index (χ2v) is 8.92. The first kappa shape index (κ1) is 23.3. The summed E-state index contributed by atoms with van der Waals surface area (Å²) in [6.45, 7) is 0.389. The van der Waals surface area contributed by atoms with Gasteiger partial charge in [-0.15, -0.1) is 0 Å². The van der Waals surface area contributed by atoms with Gasteiger partial charge < -0.3 is 15.7 Å². The lowest BCUT2D eigenvalue weighted by Crippen LogP contribution is -2.30. The lowest BCUT2D eigenvalue weighted by atomic mass is 10.0. The van der Waals surface area contributed by atoms with Crippen LogP contribution in [0.1, 0.15) is 53.2 Å². The number of amides is 2. The third-order valence-electron chi connectivity index (χ3n) is 6.44. The van der Waals surface area contributed by atoms with Crippen LogP contribution in [0, 0.1) is 0 Å². The minimum atomic E-state index is -0.312. The van der Waals surface area contributed by atoms with Gasteiger partial charge in [0.05, 0.1) is 17.0 Å². The Labute approximate surface area is 209 Å². The summed E-state index contributed by atoms with van der Waals surface area (Å²) in [5.41, 5.74) is 3.67. The second kappa shape index (κ2) is 10.4. The van der Waals surface area contributed by atoms with Gasteiger partial charge in [-0.25, -0.2) is 4.79 Å². The molecule has 1 aliphatic rings. The molecule has 1 fully saturated rings. The molecule has 1 aliphatic carbocycles. The summed E-state index contributed by atoms with van der Waals surface area (Å²) in [6.07, 6.45) is 7.29. The number of hydrogen-bond acceptors (Lipinski definition) is 5. The van der Waals surface area contributed by atoms with Crippen LogP contribution in [0.4, 0.5) is 10.5 Å². The maximum Gasteiger partial charge on any atom is 0.342 e. The average molecular weight is 482 g/mol. The maximum absolute atomic E-state index is 13.2. The smallest absolute Gasteiger partial charge is 0.342 e. The van der Waals surface area contributed by atoms with Crippen LogP contribution in [-0.2, 0) is 6.54 Å². The van der Waals surface area contributed by atoms with Gasteiger partial charge in [0.25, 0.3) is 5.91 Å². The number of anilines is 1. The normalized spacial score (nSPS) is 13.4. The van der Waals surface area contributed by atoms with Crippen LogP contribution in [-0.4, -0.2) is 31.8 Å². The molecule has 0 saturated heterocycles. The summed E-state index contributed by atoms with van der Waals surface area (Å²) in [5, 5.41) is 21.0. The summed E-state index contributed by atoms with van der Waals surface area (Å²) in [6, 6.07) is 19.4. The zero-order valence-corrected chi connectivity index (χ0v) is 19.7. The van der Waals surface area contributed by atoms with E-state index < -0.39 is 0 Å². The van der Waals surface area contributed by atoms with Gasteiger partial charge in [0.15, 0.2) is 0 Å². The Morgan fingerprint density at radius 3 is 2.56 bits per heavy atom. The highest BCUT2D eigenvalue weighted by molar-refractivity contribution is 6.04. The fraction of sp³-hybridized carbons (Fsp3) is 0.214. The first-order valence-corrected chi connectivity index (χ1v) is 12.1. The largest absolute Gasteiger partial charge is 0.507 e. The first-order valence-electron chi connectivity index (χ1n) is 12.1. The molecule has 2 aromatic heterocycles. The van der Waals surface area contributed by atoms with Crippen LogP contribution < -0.4 is 10.6 Å². The SMILES string of the molecule is O=C(Nc1ccc(O)c(-c2cc(C3CCCC3)n(C(=O)NCc3ccccc3)n2)c1)c1cccnc1. The number of benzene rings is 2. The fourth-order valence-electron chi connectivity index (χ4n) is 4.57. The minimum absolute atomic E-state index is 0.0155. The van der Waals surface area contributed by atoms with Crippen LogP contribution in [0.2, 0.25) is 0 Å². The van der Waals surface area contributed by atoms with Crippen molar-refractivity contribution >= 4 is 17.6 Å². The van der Waals surface area contributed by atoms with E-state index in [9.17, 15) is 14.7 Å². The molecular weight excluding hydrogens is 454 g/mol. The van der Waals surface area contributed by atoms with Gasteiger partial charge in [-0.05, 0) is 54.8 Å². The molecule has 36 heavy (non-hydrogen) atoms. The molecule has 0 aliphatic heterocycles. The zero-order valence-electron chi connectivity index (χ0n) is 19.7. The lowest BCUT2D eigenvalue weighted by molar-refractivity contribution is 0.102. The van der Waals surface area contributed by atoms with Gasteiger partial charge in [0.2, 0.25) is 0 Å². The summed E-state index contributed by atoms with van der Waals surface area (Å²) >= 11 is 0. The van der Waals surface area contributed by atoms with Crippen LogP contribution in [0.5, 0.6) is 5.75 Å². The lowest BCUT2D eigenvalue weighted by Gasteiger charge is -2.12. The van der Waals surface area contributed by atoms with Crippen molar-refractivity contribution in [3.8, 4) is 17.0 Å². The number of phenols is 1. The summed E-state index contributed by atoms with van der Waals surface area (Å²) in [7, 11) is 0. The van der Waals surface area contributed by atoms with Crippen molar-refractivity contribution in [1.29, 1.82) is 0 Å². The molecule has 0 spiro atoms. The number of nitrogens with zero attached hydrogens (tertiary/aromatic N) is 3. The van der Waals surface area contributed by atoms with Gasteiger partial charge in [0.1, 0.15) is 5.75 Å². The van der Waals surface area contributed by atoms with Crippen molar-refractivity contribution in [1.82, 2.24) is 20.1 Å². The minimum Gasteiger partial charge on any atom is -0.507 e. The fourth-order valence-corrected chi connectivity index (χ4v) is 4.57. The molecular formula is C28H27N5O3. The van der Waals surface area contributed by atoms with Crippen molar-refractivity contribution in [2.45, 2.75) is 38.1 Å². The topological polar surface area (TPSA) is 109 Å². The average Bonchev–Trinajstić information content (AvgIpc) is 3.60. The molecule has 0 bridgehead atoms. The van der Waals surface area contributed by atoms with E-state index in [2.05, 4.69) is 20.7 Å². The molecule has 4 aromatic rings. The summed E-state index contributed by atoms with van der Waals surface area (Å²) < 4.78 is 1.43. The third-order valence-corrected chi connectivity index (χ3v) is 6.44. The zero-order chi connectivity index (χ0) is 24.9. The Hall–Kier alpha value is -4.46. The Bertz CT molecular complexity index is 1360. The molecule has 0 atom stereocenters. The second-order valence-electron chi connectivity index (χ2n) is 8.92. The highest BCUT2D eigenvalue weighted by atomic mass is 16.3. The summed E-state index contributed by atoms with van der Waals surface area (Å²) in [5.74, 6) is -0.0665. The molecule has 1 saturated carbocycles. The van der Waals surface area contributed by atoms with E-state index >= 15 is 0 Å². The van der Waals surface area contributed by atoms with E-state index in [0.29, 0.717) is 29.1 Å². The van der Waals surface area contributed by atoms with Gasteiger partial charge in [-0.2, -0.15) is 9.78 Å². The molecule has 0 radical (unpaired) electrons. The van der Waals surface area contributed by atoms with E-state index in [1.165, 1.54) is 16.9 Å². The van der Waals surface area contributed by atoms with Crippen LogP contribution in [0.3, 0.4) is 0 Å². The molecule has 2 heterocycles. The Kier molecular flexibility index (Phi) is 6.75. The third kappa shape index (κ3) is 5.12. The molecule has 8 heteroatoms. The number of nitrogens with one attached hydrogen (secondary N) is 2. The van der Waals surface area contributed by atoms with Crippen molar-refractivity contribution < 1.29 is 14.7 Å². The number of carbonyl (C=O) groups is 2. The molecule has 182 valence electrons. The van der Waals surface area contributed by atoms with Crippen molar-refractivity contribution in [2.75, 3.05) is 5.32 Å². The van der Waals surface area contributed by atoms with Crippen LogP contribution in [0.15, 0.2) is 79.1 Å². The van der Waals surface area contributed by atoms with Crippen molar-refractivity contribution in [2.24, 2.45) is 0 Å². The monoisotopic (exact) mass is 481 g/mol. The predicted octanol–water partition coefficient (Wildman–Crippen LogP) is 5.32. The quantitative estimate of drug-likeness (QED) is 0.323. The van der Waals surface area contributed by atoms with Crippen molar-refractivity contribution in [3.63, 3.8) is 0 Å². The van der Waals surface area contributed by atoms with Gasteiger partial charge in [0, 0.05) is 36.1 Å². The van der Waals surface area contributed by atoms with Gasteiger partial charge in [-0.1, -0.05) is 43.2 Å².